The topological polar surface area (TPSA) is 71.5 Å². The number of hydrogen-bond acceptors (Lipinski definition) is 4. The molecule has 0 saturated heterocycles. The number of hydrogen-bond donors (Lipinski definition) is 2. The van der Waals surface area contributed by atoms with Crippen molar-refractivity contribution in [2.75, 3.05) is 7.11 Å². The highest BCUT2D eigenvalue weighted by Crippen LogP contribution is 2.44. The summed E-state index contributed by atoms with van der Waals surface area (Å²) in [6.07, 6.45) is 1.81. The average molecular weight is 286 g/mol. The molecular weight excluding hydrogens is 270 g/mol. The molecule has 0 aliphatic heterocycles. The predicted molar refractivity (Wildman–Crippen MR) is 66.4 cm³/mol. The Hall–Kier alpha value is -1.76. The third kappa shape index (κ3) is 2.58. The van der Waals surface area contributed by atoms with E-state index in [1.54, 1.807) is 12.1 Å². The lowest BCUT2D eigenvalue weighted by atomic mass is 9.75. The fraction of sp³-hybridized carbons (Fsp3) is 0.538. The maximum absolute atomic E-state index is 13.8. The molecule has 1 amide bonds. The van der Waals surface area contributed by atoms with Gasteiger partial charge >= 0.3 is 5.92 Å². The number of aromatic nitrogens is 1. The van der Waals surface area contributed by atoms with Gasteiger partial charge in [0, 0.05) is 18.8 Å². The van der Waals surface area contributed by atoms with E-state index in [-0.39, 0.29) is 19.4 Å². The number of nitrogens with one attached hydrogen (secondary N) is 1. The van der Waals surface area contributed by atoms with Crippen molar-refractivity contribution >= 4 is 5.91 Å². The van der Waals surface area contributed by atoms with Crippen molar-refractivity contribution in [2.45, 2.75) is 37.3 Å². The number of amides is 1. The zero-order valence-electron chi connectivity index (χ0n) is 11.0. The van der Waals surface area contributed by atoms with Crippen molar-refractivity contribution in [3.05, 3.63) is 23.9 Å². The van der Waals surface area contributed by atoms with Crippen molar-refractivity contribution < 1.29 is 23.4 Å². The highest BCUT2D eigenvalue weighted by molar-refractivity contribution is 5.85. The molecule has 0 unspecified atom stereocenters. The smallest absolute Gasteiger partial charge is 0.352 e. The fourth-order valence-corrected chi connectivity index (χ4v) is 1.97. The number of pyridine rings is 1. The molecule has 1 saturated carbocycles. The molecule has 0 bridgehead atoms. The van der Waals surface area contributed by atoms with Crippen molar-refractivity contribution in [3.8, 4) is 5.88 Å². The summed E-state index contributed by atoms with van der Waals surface area (Å²) in [6, 6.07) is 3.18. The molecule has 1 aromatic rings. The number of nitrogens with zero attached hydrogens (tertiary/aromatic N) is 1. The third-order valence-electron chi connectivity index (χ3n) is 3.51. The van der Waals surface area contributed by atoms with Gasteiger partial charge in [-0.1, -0.05) is 6.07 Å². The Labute approximate surface area is 115 Å². The Morgan fingerprint density at radius 1 is 1.55 bits per heavy atom. The maximum atomic E-state index is 13.8. The van der Waals surface area contributed by atoms with Gasteiger partial charge in [-0.25, -0.2) is 4.98 Å². The largest absolute Gasteiger partial charge is 0.481 e. The summed E-state index contributed by atoms with van der Waals surface area (Å²) in [7, 11) is 1.46. The van der Waals surface area contributed by atoms with Crippen LogP contribution in [0.3, 0.4) is 0 Å². The molecule has 7 heteroatoms. The molecule has 0 atom stereocenters. The number of alkyl halides is 2. The Balaban J connectivity index is 1.94. The fourth-order valence-electron chi connectivity index (χ4n) is 1.97. The van der Waals surface area contributed by atoms with Gasteiger partial charge in [0.15, 0.2) is 0 Å². The first-order valence-electron chi connectivity index (χ1n) is 6.26. The number of aliphatic hydroxyl groups is 1. The van der Waals surface area contributed by atoms with Gasteiger partial charge in [-0.3, -0.25) is 4.79 Å². The SMILES string of the molecule is COc1ccc(CNC(=O)C(F)(F)C2(O)CCC2)cn1. The number of carbonyl (C=O) groups excluding carboxylic acids is 1. The van der Waals surface area contributed by atoms with E-state index in [9.17, 15) is 18.7 Å². The zero-order chi connectivity index (χ0) is 14.8. The highest BCUT2D eigenvalue weighted by Gasteiger charge is 2.61. The minimum atomic E-state index is -3.77. The lowest BCUT2D eigenvalue weighted by Crippen LogP contribution is -2.60. The second-order valence-corrected chi connectivity index (χ2v) is 4.85. The summed E-state index contributed by atoms with van der Waals surface area (Å²) in [5.74, 6) is -4.84. The summed E-state index contributed by atoms with van der Waals surface area (Å²) in [4.78, 5) is 15.4. The Bertz CT molecular complexity index is 487. The molecule has 1 fully saturated rings. The van der Waals surface area contributed by atoms with E-state index in [0.717, 1.165) is 0 Å². The zero-order valence-corrected chi connectivity index (χ0v) is 11.0. The lowest BCUT2D eigenvalue weighted by Gasteiger charge is -2.41. The minimum Gasteiger partial charge on any atom is -0.481 e. The molecule has 0 spiro atoms. The molecule has 5 nitrogen and oxygen atoms in total. The van der Waals surface area contributed by atoms with Gasteiger partial charge < -0.3 is 15.2 Å². The second kappa shape index (κ2) is 5.32. The lowest BCUT2D eigenvalue weighted by molar-refractivity contribution is -0.216. The first-order chi connectivity index (χ1) is 9.39. The summed E-state index contributed by atoms with van der Waals surface area (Å²) < 4.78 is 32.4. The maximum Gasteiger partial charge on any atom is 0.352 e. The van der Waals surface area contributed by atoms with E-state index in [2.05, 4.69) is 10.3 Å². The van der Waals surface area contributed by atoms with Gasteiger partial charge in [-0.15, -0.1) is 0 Å². The van der Waals surface area contributed by atoms with Crippen LogP contribution in [0.15, 0.2) is 18.3 Å². The van der Waals surface area contributed by atoms with Crippen LogP contribution in [-0.4, -0.2) is 34.6 Å². The molecular formula is C13H16F2N2O3. The Morgan fingerprint density at radius 3 is 2.70 bits per heavy atom. The van der Waals surface area contributed by atoms with Gasteiger partial charge in [0.25, 0.3) is 5.91 Å². The Kier molecular flexibility index (Phi) is 3.89. The molecule has 20 heavy (non-hydrogen) atoms. The van der Waals surface area contributed by atoms with Crippen LogP contribution in [0.2, 0.25) is 0 Å². The molecule has 2 rings (SSSR count). The summed E-state index contributed by atoms with van der Waals surface area (Å²) in [5.41, 5.74) is -1.63. The van der Waals surface area contributed by atoms with Gasteiger partial charge in [0.05, 0.1) is 7.11 Å². The quantitative estimate of drug-likeness (QED) is 0.854. The van der Waals surface area contributed by atoms with E-state index in [1.807, 2.05) is 0 Å². The number of carbonyl (C=O) groups is 1. The number of rotatable bonds is 5. The molecule has 0 aromatic carbocycles. The van der Waals surface area contributed by atoms with Crippen LogP contribution in [-0.2, 0) is 11.3 Å². The summed E-state index contributed by atoms with van der Waals surface area (Å²) in [5, 5.41) is 11.8. The minimum absolute atomic E-state index is 0.0580. The van der Waals surface area contributed by atoms with Crippen LogP contribution in [0.4, 0.5) is 8.78 Å². The normalized spacial score (nSPS) is 17.2. The average Bonchev–Trinajstić information content (AvgIpc) is 2.42. The number of methoxy groups -OCH3 is 1. The Morgan fingerprint density at radius 2 is 2.25 bits per heavy atom. The predicted octanol–water partition coefficient (Wildman–Crippen LogP) is 1.26. The number of ether oxygens (including phenoxy) is 1. The van der Waals surface area contributed by atoms with E-state index in [4.69, 9.17) is 4.74 Å². The monoisotopic (exact) mass is 286 g/mol. The first kappa shape index (κ1) is 14.6. The molecule has 110 valence electrons. The van der Waals surface area contributed by atoms with Gasteiger partial charge in [-0.2, -0.15) is 8.78 Å². The summed E-state index contributed by atoms with van der Waals surface area (Å²) in [6.45, 7) is -0.0818. The molecule has 1 aliphatic carbocycles. The van der Waals surface area contributed by atoms with Crippen LogP contribution in [0.25, 0.3) is 0 Å². The van der Waals surface area contributed by atoms with Gasteiger partial charge in [0.1, 0.15) is 5.60 Å². The third-order valence-corrected chi connectivity index (χ3v) is 3.51. The first-order valence-corrected chi connectivity index (χ1v) is 6.26. The number of halogens is 2. The van der Waals surface area contributed by atoms with E-state index < -0.39 is 17.4 Å². The van der Waals surface area contributed by atoms with E-state index in [1.165, 1.54) is 13.3 Å². The van der Waals surface area contributed by atoms with Crippen LogP contribution in [0.1, 0.15) is 24.8 Å². The van der Waals surface area contributed by atoms with Crippen molar-refractivity contribution in [3.63, 3.8) is 0 Å². The van der Waals surface area contributed by atoms with Gasteiger partial charge in [0.2, 0.25) is 5.88 Å². The van der Waals surface area contributed by atoms with Crippen LogP contribution < -0.4 is 10.1 Å². The van der Waals surface area contributed by atoms with E-state index in [0.29, 0.717) is 17.9 Å². The second-order valence-electron chi connectivity index (χ2n) is 4.85. The highest BCUT2D eigenvalue weighted by atomic mass is 19.3. The molecule has 2 N–H and O–H groups in total. The van der Waals surface area contributed by atoms with Crippen LogP contribution >= 0.6 is 0 Å². The van der Waals surface area contributed by atoms with Crippen molar-refractivity contribution in [1.29, 1.82) is 0 Å². The van der Waals surface area contributed by atoms with Gasteiger partial charge in [-0.05, 0) is 24.8 Å². The summed E-state index contributed by atoms with van der Waals surface area (Å²) >= 11 is 0. The molecule has 0 radical (unpaired) electrons. The van der Waals surface area contributed by atoms with Crippen molar-refractivity contribution in [1.82, 2.24) is 10.3 Å². The molecule has 1 aromatic heterocycles. The standard InChI is InChI=1S/C13H16F2N2O3/c1-20-10-4-3-9(7-16-10)8-17-11(18)13(14,15)12(19)5-2-6-12/h3-4,7,19H,2,5-6,8H2,1H3,(H,17,18). The molecule has 1 heterocycles. The van der Waals surface area contributed by atoms with Crippen LogP contribution in [0, 0.1) is 0 Å². The molecule has 1 aliphatic rings. The van der Waals surface area contributed by atoms with E-state index >= 15 is 0 Å². The van der Waals surface area contributed by atoms with Crippen LogP contribution in [0.5, 0.6) is 5.88 Å². The van der Waals surface area contributed by atoms with Crippen molar-refractivity contribution in [2.24, 2.45) is 0 Å².